The molecule has 2 aromatic heterocycles. The molecule has 2 heterocycles. The van der Waals surface area contributed by atoms with Crippen molar-refractivity contribution in [2.75, 3.05) is 23.9 Å². The lowest BCUT2D eigenvalue weighted by Crippen LogP contribution is -2.53. The predicted molar refractivity (Wildman–Crippen MR) is 143 cm³/mol. The normalized spacial score (nSPS) is 17.0. The van der Waals surface area contributed by atoms with Crippen molar-refractivity contribution >= 4 is 28.3 Å². The van der Waals surface area contributed by atoms with Gasteiger partial charge in [0.05, 0.1) is 5.69 Å². The van der Waals surface area contributed by atoms with Gasteiger partial charge in [-0.3, -0.25) is 24.0 Å². The Morgan fingerprint density at radius 2 is 1.76 bits per heavy atom. The Labute approximate surface area is 219 Å². The molecule has 1 aromatic carbocycles. The second kappa shape index (κ2) is 10.6. The Bertz CT molecular complexity index is 1250. The molecule has 196 valence electrons. The molecule has 0 aliphatic heterocycles. The minimum atomic E-state index is -1.10. The van der Waals surface area contributed by atoms with Gasteiger partial charge in [-0.1, -0.05) is 12.1 Å². The van der Waals surface area contributed by atoms with E-state index in [9.17, 15) is 13.8 Å². The quantitative estimate of drug-likeness (QED) is 0.354. The highest BCUT2D eigenvalue weighted by atomic mass is 32.2. The van der Waals surface area contributed by atoms with E-state index in [1.807, 2.05) is 38.1 Å². The maximum atomic E-state index is 14.0. The largest absolute Gasteiger partial charge is 0.324 e. The summed E-state index contributed by atoms with van der Waals surface area (Å²) in [6, 6.07) is 8.71. The lowest BCUT2D eigenvalue weighted by molar-refractivity contribution is -0.123. The fourth-order valence-corrected chi connectivity index (χ4v) is 5.88. The molecule has 5 rings (SSSR count). The van der Waals surface area contributed by atoms with Crippen LogP contribution in [0.3, 0.4) is 0 Å². The summed E-state index contributed by atoms with van der Waals surface area (Å²) in [5, 5.41) is 17.1. The molecule has 2 aliphatic carbocycles. The molecular formula is C27H34N6O3S. The van der Waals surface area contributed by atoms with Crippen LogP contribution in [0.15, 0.2) is 36.5 Å². The average Bonchev–Trinajstić information content (AvgIpc) is 3.80. The van der Waals surface area contributed by atoms with E-state index in [1.165, 1.54) is 6.20 Å². The number of aryl methyl sites for hydroxylation is 2. The summed E-state index contributed by atoms with van der Waals surface area (Å²) in [5.74, 6) is 0.790. The van der Waals surface area contributed by atoms with Gasteiger partial charge in [0, 0.05) is 52.5 Å². The van der Waals surface area contributed by atoms with Crippen LogP contribution in [0.5, 0.6) is 0 Å². The van der Waals surface area contributed by atoms with Crippen molar-refractivity contribution in [1.82, 2.24) is 25.3 Å². The third-order valence-electron chi connectivity index (χ3n) is 7.48. The summed E-state index contributed by atoms with van der Waals surface area (Å²) >= 11 is 0. The summed E-state index contributed by atoms with van der Waals surface area (Å²) in [7, 11) is -1.10. The highest BCUT2D eigenvalue weighted by Crippen LogP contribution is 2.52. The molecule has 3 aromatic rings. The fourth-order valence-electron chi connectivity index (χ4n) is 5.42. The Morgan fingerprint density at radius 1 is 1.08 bits per heavy atom. The third kappa shape index (κ3) is 5.69. The maximum absolute atomic E-state index is 14.0. The smallest absolute Gasteiger partial charge is 0.272 e. The van der Waals surface area contributed by atoms with E-state index in [-0.39, 0.29) is 24.3 Å². The van der Waals surface area contributed by atoms with Gasteiger partial charge in [-0.2, -0.15) is 10.2 Å². The Kier molecular flexibility index (Phi) is 7.28. The van der Waals surface area contributed by atoms with Gasteiger partial charge in [0.2, 0.25) is 5.91 Å². The van der Waals surface area contributed by atoms with Crippen LogP contribution in [-0.4, -0.2) is 65.9 Å². The van der Waals surface area contributed by atoms with Crippen molar-refractivity contribution in [3.63, 3.8) is 0 Å². The minimum Gasteiger partial charge on any atom is -0.324 e. The van der Waals surface area contributed by atoms with Crippen molar-refractivity contribution in [1.29, 1.82) is 0 Å². The summed E-state index contributed by atoms with van der Waals surface area (Å²) in [4.78, 5) is 29.2. The number of carbonyl (C=O) groups excluding carboxylic acids is 2. The van der Waals surface area contributed by atoms with Crippen molar-refractivity contribution in [2.45, 2.75) is 45.6 Å². The van der Waals surface area contributed by atoms with Crippen LogP contribution >= 0.6 is 0 Å². The number of aromatic amines is 2. The summed E-state index contributed by atoms with van der Waals surface area (Å²) in [5.41, 5.74) is 5.01. The first-order valence-electron chi connectivity index (χ1n) is 12.9. The standard InChI is InChI=1S/C27H34N6O3S/c1-16-23(17(2)31-30-16)18-8-10-21(11-9-18)29-26(34)25(24(19-4-5-19)20-6-7-20)33(14-15-37(3)36)27(35)22-12-13-28-32-22/h8-13,19-20,24-25H,4-7,14-15H2,1-3H3,(H,28,32)(H,29,34)(H,30,31)/t25-,37?/m0/s1. The average molecular weight is 523 g/mol. The van der Waals surface area contributed by atoms with E-state index in [4.69, 9.17) is 0 Å². The Hall–Kier alpha value is -3.27. The first kappa shape index (κ1) is 25.4. The van der Waals surface area contributed by atoms with Crippen molar-refractivity contribution in [3.8, 4) is 11.1 Å². The molecule has 10 heteroatoms. The summed E-state index contributed by atoms with van der Waals surface area (Å²) in [6.07, 6.45) is 7.47. The first-order valence-corrected chi connectivity index (χ1v) is 14.6. The molecule has 3 N–H and O–H groups in total. The number of nitrogens with one attached hydrogen (secondary N) is 3. The molecule has 2 aliphatic rings. The Morgan fingerprint density at radius 3 is 2.27 bits per heavy atom. The zero-order valence-electron chi connectivity index (χ0n) is 21.5. The highest BCUT2D eigenvalue weighted by molar-refractivity contribution is 7.84. The molecule has 9 nitrogen and oxygen atoms in total. The molecule has 37 heavy (non-hydrogen) atoms. The number of nitrogens with zero attached hydrogens (tertiary/aromatic N) is 3. The fraction of sp³-hybridized carbons (Fsp3) is 0.481. The van der Waals surface area contributed by atoms with Crippen molar-refractivity contribution in [2.24, 2.45) is 17.8 Å². The second-order valence-corrected chi connectivity index (χ2v) is 11.9. The van der Waals surface area contributed by atoms with Crippen LogP contribution in [0, 0.1) is 31.6 Å². The summed E-state index contributed by atoms with van der Waals surface area (Å²) < 4.78 is 12.0. The molecule has 0 bridgehead atoms. The van der Waals surface area contributed by atoms with Gasteiger partial charge >= 0.3 is 0 Å². The Balaban J connectivity index is 1.44. The number of anilines is 1. The van der Waals surface area contributed by atoms with E-state index < -0.39 is 16.8 Å². The SMILES string of the molecule is Cc1n[nH]c(C)c1-c1ccc(NC(=O)[C@H](C(C2CC2)C2CC2)N(CCS(C)=O)C(=O)c2ccn[nH]2)cc1. The van der Waals surface area contributed by atoms with Crippen LogP contribution in [-0.2, 0) is 15.6 Å². The monoisotopic (exact) mass is 522 g/mol. The van der Waals surface area contributed by atoms with Crippen LogP contribution < -0.4 is 5.32 Å². The number of aromatic nitrogens is 4. The van der Waals surface area contributed by atoms with Gasteiger partial charge in [0.25, 0.3) is 5.91 Å². The topological polar surface area (TPSA) is 124 Å². The van der Waals surface area contributed by atoms with Crippen molar-refractivity contribution < 1.29 is 13.8 Å². The number of carbonyl (C=O) groups is 2. The molecule has 0 saturated heterocycles. The van der Waals surface area contributed by atoms with E-state index in [2.05, 4.69) is 25.7 Å². The van der Waals surface area contributed by atoms with Gasteiger partial charge in [0.15, 0.2) is 0 Å². The number of H-pyrrole nitrogens is 2. The van der Waals surface area contributed by atoms with Gasteiger partial charge < -0.3 is 10.2 Å². The molecule has 2 fully saturated rings. The van der Waals surface area contributed by atoms with Crippen LogP contribution in [0.2, 0.25) is 0 Å². The molecular weight excluding hydrogens is 488 g/mol. The molecule has 2 atom stereocenters. The van der Waals surface area contributed by atoms with Crippen LogP contribution in [0.4, 0.5) is 5.69 Å². The zero-order valence-corrected chi connectivity index (χ0v) is 22.3. The molecule has 0 radical (unpaired) electrons. The molecule has 1 unspecified atom stereocenters. The number of amides is 2. The number of rotatable bonds is 11. The zero-order chi connectivity index (χ0) is 26.1. The second-order valence-electron chi connectivity index (χ2n) is 10.3. The number of hydrogen-bond donors (Lipinski definition) is 3. The molecule has 0 spiro atoms. The van der Waals surface area contributed by atoms with Crippen molar-refractivity contribution in [3.05, 3.63) is 53.6 Å². The number of benzene rings is 1. The first-order chi connectivity index (χ1) is 17.8. The van der Waals surface area contributed by atoms with E-state index in [1.54, 1.807) is 17.2 Å². The molecule has 2 amide bonds. The maximum Gasteiger partial charge on any atom is 0.272 e. The van der Waals surface area contributed by atoms with E-state index in [0.29, 0.717) is 29.0 Å². The predicted octanol–water partition coefficient (Wildman–Crippen LogP) is 3.68. The van der Waals surface area contributed by atoms with Gasteiger partial charge in [-0.15, -0.1) is 0 Å². The van der Waals surface area contributed by atoms with E-state index in [0.717, 1.165) is 48.2 Å². The van der Waals surface area contributed by atoms with Gasteiger partial charge in [-0.05, 0) is 81.0 Å². The van der Waals surface area contributed by atoms with Gasteiger partial charge in [-0.25, -0.2) is 0 Å². The lowest BCUT2D eigenvalue weighted by atomic mass is 9.87. The molecule has 2 saturated carbocycles. The minimum absolute atomic E-state index is 0.0904. The summed E-state index contributed by atoms with van der Waals surface area (Å²) in [6.45, 7) is 4.19. The van der Waals surface area contributed by atoms with Crippen LogP contribution in [0.25, 0.3) is 11.1 Å². The third-order valence-corrected chi connectivity index (χ3v) is 8.24. The highest BCUT2D eigenvalue weighted by Gasteiger charge is 2.50. The lowest BCUT2D eigenvalue weighted by Gasteiger charge is -2.36. The van der Waals surface area contributed by atoms with Gasteiger partial charge in [0.1, 0.15) is 11.7 Å². The number of hydrogen-bond acceptors (Lipinski definition) is 5. The van der Waals surface area contributed by atoms with E-state index >= 15 is 0 Å². The van der Waals surface area contributed by atoms with Crippen LogP contribution in [0.1, 0.15) is 47.6 Å².